The first-order valence-electron chi connectivity index (χ1n) is 6.29. The Labute approximate surface area is 116 Å². The predicted molar refractivity (Wildman–Crippen MR) is 68.8 cm³/mol. The molecule has 0 N–H and O–H groups in total. The first-order valence-corrected chi connectivity index (χ1v) is 6.29. The fourth-order valence-electron chi connectivity index (χ4n) is 1.72. The number of halogens is 3. The second-order valence-electron chi connectivity index (χ2n) is 6.07. The molecule has 0 unspecified atom stereocenters. The van der Waals surface area contributed by atoms with Gasteiger partial charge in [0.25, 0.3) is 0 Å². The Morgan fingerprint density at radius 3 is 2.45 bits per heavy atom. The van der Waals surface area contributed by atoms with Crippen LogP contribution in [0.15, 0.2) is 12.4 Å². The van der Waals surface area contributed by atoms with Gasteiger partial charge in [-0.25, -0.2) is 4.98 Å². The highest BCUT2D eigenvalue weighted by molar-refractivity contribution is 5.76. The summed E-state index contributed by atoms with van der Waals surface area (Å²) in [5, 5.41) is 0. The molecule has 1 rings (SSSR count). The van der Waals surface area contributed by atoms with E-state index in [-0.39, 0.29) is 23.7 Å². The molecule has 1 heterocycles. The summed E-state index contributed by atoms with van der Waals surface area (Å²) in [5.74, 6) is 0.117. The van der Waals surface area contributed by atoms with Gasteiger partial charge >= 0.3 is 6.18 Å². The van der Waals surface area contributed by atoms with E-state index < -0.39 is 12.7 Å². The largest absolute Gasteiger partial charge is 0.406 e. The molecule has 0 saturated heterocycles. The number of rotatable bonds is 4. The van der Waals surface area contributed by atoms with E-state index in [1.54, 1.807) is 7.05 Å². The second kappa shape index (κ2) is 5.85. The zero-order chi connectivity index (χ0) is 15.6. The number of amides is 1. The average molecular weight is 291 g/mol. The molecular formula is C13H20F3N3O. The van der Waals surface area contributed by atoms with Gasteiger partial charge in [-0.05, 0) is 5.41 Å². The molecule has 0 fully saturated rings. The van der Waals surface area contributed by atoms with Crippen molar-refractivity contribution < 1.29 is 18.0 Å². The molecule has 4 nitrogen and oxygen atoms in total. The van der Waals surface area contributed by atoms with Gasteiger partial charge < -0.3 is 9.47 Å². The van der Waals surface area contributed by atoms with Crippen molar-refractivity contribution in [2.24, 2.45) is 5.41 Å². The standard InChI is InChI=1S/C13H20F3N3O/c1-12(2,3)7-11(20)18(4)8-10-17-5-6-19(10)9-13(14,15)16/h5-6H,7-9H2,1-4H3. The number of carbonyl (C=O) groups excluding carboxylic acids is 1. The highest BCUT2D eigenvalue weighted by Gasteiger charge is 2.29. The maximum atomic E-state index is 12.4. The van der Waals surface area contributed by atoms with Crippen LogP contribution in [0.1, 0.15) is 33.0 Å². The Bertz CT molecular complexity index is 460. The van der Waals surface area contributed by atoms with E-state index in [0.29, 0.717) is 6.42 Å². The molecule has 0 aliphatic carbocycles. The lowest BCUT2D eigenvalue weighted by Crippen LogP contribution is -2.31. The molecule has 7 heteroatoms. The van der Waals surface area contributed by atoms with Crippen molar-refractivity contribution in [3.8, 4) is 0 Å². The average Bonchev–Trinajstić information content (AvgIpc) is 2.60. The minimum atomic E-state index is -4.30. The molecule has 0 aliphatic rings. The highest BCUT2D eigenvalue weighted by Crippen LogP contribution is 2.21. The van der Waals surface area contributed by atoms with Gasteiger partial charge in [0.05, 0.1) is 6.54 Å². The van der Waals surface area contributed by atoms with Crippen molar-refractivity contribution in [1.29, 1.82) is 0 Å². The predicted octanol–water partition coefficient (Wildman–Crippen LogP) is 2.84. The van der Waals surface area contributed by atoms with E-state index in [4.69, 9.17) is 0 Å². The van der Waals surface area contributed by atoms with Crippen LogP contribution >= 0.6 is 0 Å². The van der Waals surface area contributed by atoms with Crippen LogP contribution in [0.3, 0.4) is 0 Å². The van der Waals surface area contributed by atoms with E-state index in [1.165, 1.54) is 17.3 Å². The van der Waals surface area contributed by atoms with Crippen LogP contribution in [0.25, 0.3) is 0 Å². The molecule has 1 amide bonds. The summed E-state index contributed by atoms with van der Waals surface area (Å²) in [4.78, 5) is 17.2. The van der Waals surface area contributed by atoms with Crippen molar-refractivity contribution in [3.05, 3.63) is 18.2 Å². The fraction of sp³-hybridized carbons (Fsp3) is 0.692. The van der Waals surface area contributed by atoms with E-state index in [2.05, 4.69) is 4.98 Å². The Morgan fingerprint density at radius 2 is 1.95 bits per heavy atom. The van der Waals surface area contributed by atoms with Crippen LogP contribution in [0.4, 0.5) is 13.2 Å². The minimum Gasteiger partial charge on any atom is -0.338 e. The maximum Gasteiger partial charge on any atom is 0.406 e. The van der Waals surface area contributed by atoms with E-state index in [9.17, 15) is 18.0 Å². The summed E-state index contributed by atoms with van der Waals surface area (Å²) in [6.07, 6.45) is -1.39. The summed E-state index contributed by atoms with van der Waals surface area (Å²) in [5.41, 5.74) is -0.160. The van der Waals surface area contributed by atoms with Crippen LogP contribution < -0.4 is 0 Å². The maximum absolute atomic E-state index is 12.4. The number of imidazole rings is 1. The summed E-state index contributed by atoms with van der Waals surface area (Å²) < 4.78 is 38.2. The zero-order valence-electron chi connectivity index (χ0n) is 12.2. The minimum absolute atomic E-state index is 0.0675. The number of hydrogen-bond acceptors (Lipinski definition) is 2. The van der Waals surface area contributed by atoms with Crippen molar-refractivity contribution in [3.63, 3.8) is 0 Å². The Kier molecular flexibility index (Phi) is 4.83. The zero-order valence-corrected chi connectivity index (χ0v) is 12.2. The Hall–Kier alpha value is -1.53. The van der Waals surface area contributed by atoms with E-state index in [0.717, 1.165) is 4.57 Å². The first kappa shape index (κ1) is 16.5. The molecule has 114 valence electrons. The van der Waals surface area contributed by atoms with Gasteiger partial charge in [0.1, 0.15) is 12.4 Å². The first-order chi connectivity index (χ1) is 8.98. The van der Waals surface area contributed by atoms with Crippen molar-refractivity contribution >= 4 is 5.91 Å². The Morgan fingerprint density at radius 1 is 1.35 bits per heavy atom. The Balaban J connectivity index is 2.69. The number of carbonyl (C=O) groups is 1. The van der Waals surface area contributed by atoms with Crippen LogP contribution in [0.2, 0.25) is 0 Å². The third-order valence-electron chi connectivity index (χ3n) is 2.64. The SMILES string of the molecule is CN(Cc1nccn1CC(F)(F)F)C(=O)CC(C)(C)C. The lowest BCUT2D eigenvalue weighted by Gasteiger charge is -2.23. The number of aromatic nitrogens is 2. The topological polar surface area (TPSA) is 38.1 Å². The molecule has 20 heavy (non-hydrogen) atoms. The molecule has 0 aliphatic heterocycles. The number of nitrogens with zero attached hydrogens (tertiary/aromatic N) is 3. The quantitative estimate of drug-likeness (QED) is 0.855. The third-order valence-corrected chi connectivity index (χ3v) is 2.64. The van der Waals surface area contributed by atoms with Gasteiger partial charge in [0, 0.05) is 25.9 Å². The summed E-state index contributed by atoms with van der Waals surface area (Å²) >= 11 is 0. The molecule has 0 bridgehead atoms. The van der Waals surface area contributed by atoms with Gasteiger partial charge in [-0.2, -0.15) is 13.2 Å². The number of alkyl halides is 3. The molecule has 1 aromatic rings. The van der Waals surface area contributed by atoms with Crippen LogP contribution in [-0.4, -0.2) is 33.6 Å². The van der Waals surface area contributed by atoms with E-state index in [1.807, 2.05) is 20.8 Å². The normalized spacial score (nSPS) is 12.6. The smallest absolute Gasteiger partial charge is 0.338 e. The highest BCUT2D eigenvalue weighted by atomic mass is 19.4. The monoisotopic (exact) mass is 291 g/mol. The van der Waals surface area contributed by atoms with Gasteiger partial charge in [0.15, 0.2) is 0 Å². The van der Waals surface area contributed by atoms with Gasteiger partial charge in [0.2, 0.25) is 5.91 Å². The summed E-state index contributed by atoms with van der Waals surface area (Å²) in [6, 6.07) is 0. The van der Waals surface area contributed by atoms with Crippen LogP contribution in [0, 0.1) is 5.41 Å². The molecule has 0 aromatic carbocycles. The molecular weight excluding hydrogens is 271 g/mol. The molecule has 0 atom stereocenters. The van der Waals surface area contributed by atoms with Crippen LogP contribution in [-0.2, 0) is 17.9 Å². The van der Waals surface area contributed by atoms with E-state index >= 15 is 0 Å². The fourth-order valence-corrected chi connectivity index (χ4v) is 1.72. The molecule has 0 saturated carbocycles. The van der Waals surface area contributed by atoms with Gasteiger partial charge in [-0.3, -0.25) is 4.79 Å². The van der Waals surface area contributed by atoms with Crippen molar-refractivity contribution in [2.75, 3.05) is 7.05 Å². The molecule has 0 spiro atoms. The number of hydrogen-bond donors (Lipinski definition) is 0. The summed E-state index contributed by atoms with van der Waals surface area (Å²) in [6.45, 7) is 4.78. The van der Waals surface area contributed by atoms with Crippen molar-refractivity contribution in [2.45, 2.75) is 46.5 Å². The van der Waals surface area contributed by atoms with Crippen LogP contribution in [0.5, 0.6) is 0 Å². The lowest BCUT2D eigenvalue weighted by atomic mass is 9.92. The van der Waals surface area contributed by atoms with Gasteiger partial charge in [-0.15, -0.1) is 0 Å². The van der Waals surface area contributed by atoms with Crippen molar-refractivity contribution in [1.82, 2.24) is 14.5 Å². The second-order valence-corrected chi connectivity index (χ2v) is 6.07. The third kappa shape index (κ3) is 5.63. The van der Waals surface area contributed by atoms with Gasteiger partial charge in [-0.1, -0.05) is 20.8 Å². The summed E-state index contributed by atoms with van der Waals surface area (Å²) in [7, 11) is 1.57. The molecule has 1 aromatic heterocycles. The lowest BCUT2D eigenvalue weighted by molar-refractivity contribution is -0.141. The molecule has 0 radical (unpaired) electrons.